The van der Waals surface area contributed by atoms with Crippen molar-refractivity contribution in [2.45, 2.75) is 27.0 Å². The van der Waals surface area contributed by atoms with Crippen LogP contribution < -0.4 is 10.5 Å². The van der Waals surface area contributed by atoms with Crippen molar-refractivity contribution < 1.29 is 9.26 Å². The maximum atomic E-state index is 6.06. The summed E-state index contributed by atoms with van der Waals surface area (Å²) in [5.74, 6) is 1.47. The Morgan fingerprint density at radius 1 is 1.33 bits per heavy atom. The first-order valence-corrected chi connectivity index (χ1v) is 6.03. The molecule has 96 valence electrons. The van der Waals surface area contributed by atoms with Gasteiger partial charge in [-0.1, -0.05) is 22.8 Å². The third-order valence-electron chi connectivity index (χ3n) is 2.83. The Hall–Kier alpha value is -1.52. The zero-order chi connectivity index (χ0) is 13.1. The highest BCUT2D eigenvalue weighted by Gasteiger charge is 2.11. The molecule has 4 nitrogen and oxygen atoms in total. The molecule has 0 saturated carbocycles. The summed E-state index contributed by atoms with van der Waals surface area (Å²) in [4.78, 5) is 0. The highest BCUT2D eigenvalue weighted by atomic mass is 35.5. The van der Waals surface area contributed by atoms with Gasteiger partial charge in [0.2, 0.25) is 0 Å². The van der Waals surface area contributed by atoms with Crippen LogP contribution in [0.5, 0.6) is 5.75 Å². The lowest BCUT2D eigenvalue weighted by Gasteiger charge is -2.11. The number of hydrogen-bond acceptors (Lipinski definition) is 4. The van der Waals surface area contributed by atoms with Crippen LogP contribution in [0.25, 0.3) is 0 Å². The normalized spacial score (nSPS) is 10.7. The molecule has 0 fully saturated rings. The van der Waals surface area contributed by atoms with Crippen LogP contribution in [0.15, 0.2) is 22.7 Å². The van der Waals surface area contributed by atoms with Crippen LogP contribution in [0.1, 0.15) is 22.6 Å². The quantitative estimate of drug-likeness (QED) is 0.924. The van der Waals surface area contributed by atoms with E-state index in [1.54, 1.807) is 6.07 Å². The second-order valence-corrected chi connectivity index (χ2v) is 4.42. The zero-order valence-electron chi connectivity index (χ0n) is 10.4. The van der Waals surface area contributed by atoms with Crippen LogP contribution in [0.3, 0.4) is 0 Å². The van der Waals surface area contributed by atoms with Crippen LogP contribution in [0.4, 0.5) is 0 Å². The molecule has 1 heterocycles. The molecule has 0 unspecified atom stereocenters. The Bertz CT molecular complexity index is 532. The zero-order valence-corrected chi connectivity index (χ0v) is 11.1. The monoisotopic (exact) mass is 266 g/mol. The lowest BCUT2D eigenvalue weighted by molar-refractivity contribution is 0.298. The first-order chi connectivity index (χ1) is 8.63. The van der Waals surface area contributed by atoms with E-state index in [1.165, 1.54) is 0 Å². The summed E-state index contributed by atoms with van der Waals surface area (Å²) in [5.41, 5.74) is 8.27. The second kappa shape index (κ2) is 5.42. The predicted octanol–water partition coefficient (Wildman–Crippen LogP) is 2.98. The number of ether oxygens (including phenoxy) is 1. The summed E-state index contributed by atoms with van der Waals surface area (Å²) >= 11 is 6.06. The van der Waals surface area contributed by atoms with Crippen molar-refractivity contribution in [3.63, 3.8) is 0 Å². The number of aryl methyl sites for hydroxylation is 2. The lowest BCUT2D eigenvalue weighted by Crippen LogP contribution is -2.04. The minimum absolute atomic E-state index is 0.344. The maximum absolute atomic E-state index is 6.06. The fourth-order valence-corrected chi connectivity index (χ4v) is 1.97. The molecular formula is C13H15ClN2O2. The fourth-order valence-electron chi connectivity index (χ4n) is 1.73. The number of hydrogen-bond donors (Lipinski definition) is 1. The summed E-state index contributed by atoms with van der Waals surface area (Å²) in [7, 11) is 0. The molecule has 1 aromatic carbocycles. The van der Waals surface area contributed by atoms with Gasteiger partial charge in [0.15, 0.2) is 0 Å². The molecule has 18 heavy (non-hydrogen) atoms. The van der Waals surface area contributed by atoms with Crippen molar-refractivity contribution in [3.05, 3.63) is 45.8 Å². The van der Waals surface area contributed by atoms with Crippen LogP contribution >= 0.6 is 11.6 Å². The molecule has 0 atom stereocenters. The topological polar surface area (TPSA) is 61.3 Å². The standard InChI is InChI=1S/C13H15ClN2O2/c1-8-11(9(2)18-16-8)7-17-13-5-3-4-12(14)10(13)6-15/h3-5H,6-7,15H2,1-2H3. The van der Waals surface area contributed by atoms with E-state index in [4.69, 9.17) is 26.6 Å². The van der Waals surface area contributed by atoms with E-state index >= 15 is 0 Å². The number of benzene rings is 1. The average molecular weight is 267 g/mol. The van der Waals surface area contributed by atoms with Gasteiger partial charge in [0.1, 0.15) is 18.1 Å². The van der Waals surface area contributed by atoms with Crippen molar-refractivity contribution >= 4 is 11.6 Å². The summed E-state index contributed by atoms with van der Waals surface area (Å²) in [6.07, 6.45) is 0. The van der Waals surface area contributed by atoms with Gasteiger partial charge < -0.3 is 15.0 Å². The van der Waals surface area contributed by atoms with E-state index in [0.29, 0.717) is 23.9 Å². The Kier molecular flexibility index (Phi) is 3.89. The highest BCUT2D eigenvalue weighted by Crippen LogP contribution is 2.27. The smallest absolute Gasteiger partial charge is 0.140 e. The minimum Gasteiger partial charge on any atom is -0.488 e. The average Bonchev–Trinajstić information content (AvgIpc) is 2.67. The Labute approximate surface area is 111 Å². The lowest BCUT2D eigenvalue weighted by atomic mass is 10.2. The number of halogens is 1. The molecule has 2 rings (SSSR count). The Morgan fingerprint density at radius 2 is 2.11 bits per heavy atom. The molecular weight excluding hydrogens is 252 g/mol. The molecule has 1 aromatic heterocycles. The minimum atomic E-state index is 0.344. The van der Waals surface area contributed by atoms with Crippen molar-refractivity contribution in [3.8, 4) is 5.75 Å². The van der Waals surface area contributed by atoms with Gasteiger partial charge in [0.25, 0.3) is 0 Å². The molecule has 0 radical (unpaired) electrons. The second-order valence-electron chi connectivity index (χ2n) is 4.01. The van der Waals surface area contributed by atoms with Crippen molar-refractivity contribution in [1.82, 2.24) is 5.16 Å². The molecule has 2 N–H and O–H groups in total. The van der Waals surface area contributed by atoms with Gasteiger partial charge in [0, 0.05) is 17.1 Å². The third-order valence-corrected chi connectivity index (χ3v) is 3.19. The number of nitrogens with two attached hydrogens (primary N) is 1. The molecule has 0 amide bonds. The summed E-state index contributed by atoms with van der Waals surface area (Å²) < 4.78 is 10.8. The van der Waals surface area contributed by atoms with E-state index in [2.05, 4.69) is 5.16 Å². The van der Waals surface area contributed by atoms with E-state index in [0.717, 1.165) is 22.6 Å². The van der Waals surface area contributed by atoms with Gasteiger partial charge in [-0.15, -0.1) is 0 Å². The SMILES string of the molecule is Cc1noc(C)c1COc1cccc(Cl)c1CN. The molecule has 0 aliphatic carbocycles. The van der Waals surface area contributed by atoms with Gasteiger partial charge >= 0.3 is 0 Å². The van der Waals surface area contributed by atoms with Crippen LogP contribution in [-0.4, -0.2) is 5.16 Å². The summed E-state index contributed by atoms with van der Waals surface area (Å²) in [6, 6.07) is 5.49. The van der Waals surface area contributed by atoms with E-state index in [9.17, 15) is 0 Å². The van der Waals surface area contributed by atoms with Gasteiger partial charge in [-0.05, 0) is 26.0 Å². The van der Waals surface area contributed by atoms with Gasteiger partial charge in [-0.3, -0.25) is 0 Å². The van der Waals surface area contributed by atoms with Crippen LogP contribution in [0.2, 0.25) is 5.02 Å². The highest BCUT2D eigenvalue weighted by molar-refractivity contribution is 6.31. The molecule has 0 spiro atoms. The number of nitrogens with zero attached hydrogens (tertiary/aromatic N) is 1. The first-order valence-electron chi connectivity index (χ1n) is 5.65. The van der Waals surface area contributed by atoms with Crippen LogP contribution in [-0.2, 0) is 13.2 Å². The molecule has 0 aliphatic rings. The predicted molar refractivity (Wildman–Crippen MR) is 69.7 cm³/mol. The molecule has 0 aliphatic heterocycles. The Morgan fingerprint density at radius 3 is 2.72 bits per heavy atom. The van der Waals surface area contributed by atoms with E-state index < -0.39 is 0 Å². The molecule has 2 aromatic rings. The maximum Gasteiger partial charge on any atom is 0.140 e. The summed E-state index contributed by atoms with van der Waals surface area (Å²) in [5, 5.41) is 4.50. The van der Waals surface area contributed by atoms with Gasteiger partial charge in [-0.25, -0.2) is 0 Å². The fraction of sp³-hybridized carbons (Fsp3) is 0.308. The Balaban J connectivity index is 2.18. The third kappa shape index (κ3) is 2.49. The summed E-state index contributed by atoms with van der Waals surface area (Å²) in [6.45, 7) is 4.49. The van der Waals surface area contributed by atoms with Crippen molar-refractivity contribution in [2.24, 2.45) is 5.73 Å². The van der Waals surface area contributed by atoms with Gasteiger partial charge in [0.05, 0.1) is 11.3 Å². The van der Waals surface area contributed by atoms with E-state index in [-0.39, 0.29) is 0 Å². The molecule has 0 bridgehead atoms. The molecule has 0 saturated heterocycles. The largest absolute Gasteiger partial charge is 0.488 e. The van der Waals surface area contributed by atoms with Gasteiger partial charge in [-0.2, -0.15) is 0 Å². The van der Waals surface area contributed by atoms with Crippen molar-refractivity contribution in [2.75, 3.05) is 0 Å². The molecule has 5 heteroatoms. The van der Waals surface area contributed by atoms with E-state index in [1.807, 2.05) is 26.0 Å². The number of aromatic nitrogens is 1. The van der Waals surface area contributed by atoms with Crippen LogP contribution in [0, 0.1) is 13.8 Å². The number of rotatable bonds is 4. The first kappa shape index (κ1) is 12.9. The van der Waals surface area contributed by atoms with Crippen molar-refractivity contribution in [1.29, 1.82) is 0 Å².